The van der Waals surface area contributed by atoms with Gasteiger partial charge in [0.15, 0.2) is 5.78 Å². The zero-order valence-corrected chi connectivity index (χ0v) is 15.7. The monoisotopic (exact) mass is 331 g/mol. The average molecular weight is 331 g/mol. The topological polar surface area (TPSA) is 81.7 Å². The van der Waals surface area contributed by atoms with Crippen molar-refractivity contribution >= 4 is 25.9 Å². The van der Waals surface area contributed by atoms with Gasteiger partial charge in [0.05, 0.1) is 12.6 Å². The van der Waals surface area contributed by atoms with E-state index in [0.29, 0.717) is 6.61 Å². The van der Waals surface area contributed by atoms with Crippen molar-refractivity contribution in [2.75, 3.05) is 6.61 Å². The number of ether oxygens (including phenoxy) is 2. The van der Waals surface area contributed by atoms with Crippen LogP contribution < -0.4 is 5.32 Å². The van der Waals surface area contributed by atoms with Gasteiger partial charge in [-0.2, -0.15) is 0 Å². The highest BCUT2D eigenvalue weighted by Crippen LogP contribution is 2.09. The standard InChI is InChI=1S/C15H29NO5Si/c1-11(16-14(19)21-15(2,3)4)12(17)10-13(18)20-8-9-22(5,6)7/h11H,8-10H2,1-7H3,(H,16,19)/t11-/m0/s1. The minimum absolute atomic E-state index is 0.343. The molecular formula is C15H29NO5Si. The van der Waals surface area contributed by atoms with Crippen molar-refractivity contribution < 1.29 is 23.9 Å². The maximum Gasteiger partial charge on any atom is 0.408 e. The highest BCUT2D eigenvalue weighted by Gasteiger charge is 2.23. The summed E-state index contributed by atoms with van der Waals surface area (Å²) in [5.74, 6) is -0.954. The molecule has 1 amide bonds. The molecule has 0 heterocycles. The second-order valence-electron chi connectivity index (χ2n) is 7.54. The van der Waals surface area contributed by atoms with Gasteiger partial charge in [-0.3, -0.25) is 9.59 Å². The first kappa shape index (κ1) is 20.6. The van der Waals surface area contributed by atoms with Crippen LogP contribution >= 0.6 is 0 Å². The Kier molecular flexibility index (Phi) is 7.79. The Balaban J connectivity index is 4.14. The molecule has 0 radical (unpaired) electrons. The largest absolute Gasteiger partial charge is 0.466 e. The Labute approximate surface area is 133 Å². The smallest absolute Gasteiger partial charge is 0.408 e. The number of amides is 1. The fourth-order valence-corrected chi connectivity index (χ4v) is 2.10. The minimum Gasteiger partial charge on any atom is -0.466 e. The minimum atomic E-state index is -1.27. The molecule has 0 bridgehead atoms. The molecule has 0 aromatic carbocycles. The number of ketones is 1. The van der Waals surface area contributed by atoms with Crippen molar-refractivity contribution in [2.45, 2.75) is 71.4 Å². The highest BCUT2D eigenvalue weighted by atomic mass is 28.3. The number of carbonyl (C=O) groups is 3. The molecule has 0 aliphatic heterocycles. The number of hydrogen-bond acceptors (Lipinski definition) is 5. The molecule has 128 valence electrons. The van der Waals surface area contributed by atoms with Gasteiger partial charge < -0.3 is 14.8 Å². The van der Waals surface area contributed by atoms with Crippen molar-refractivity contribution in [1.82, 2.24) is 5.32 Å². The van der Waals surface area contributed by atoms with Crippen LogP contribution in [0.25, 0.3) is 0 Å². The Hall–Kier alpha value is -1.37. The van der Waals surface area contributed by atoms with Crippen molar-refractivity contribution in [1.29, 1.82) is 0 Å². The third-order valence-corrected chi connectivity index (χ3v) is 4.35. The predicted molar refractivity (Wildman–Crippen MR) is 87.6 cm³/mol. The van der Waals surface area contributed by atoms with Crippen molar-refractivity contribution in [3.63, 3.8) is 0 Å². The van der Waals surface area contributed by atoms with Gasteiger partial charge in [-0.25, -0.2) is 4.79 Å². The van der Waals surface area contributed by atoms with Gasteiger partial charge in [0, 0.05) is 8.07 Å². The number of rotatable bonds is 7. The maximum atomic E-state index is 11.9. The quantitative estimate of drug-likeness (QED) is 0.441. The normalized spacial score (nSPS) is 13.2. The second-order valence-corrected chi connectivity index (χ2v) is 13.2. The first-order valence-corrected chi connectivity index (χ1v) is 11.2. The molecule has 0 saturated carbocycles. The Morgan fingerprint density at radius 1 is 1.14 bits per heavy atom. The summed E-state index contributed by atoms with van der Waals surface area (Å²) in [6, 6.07) is 0.0675. The van der Waals surface area contributed by atoms with E-state index in [1.54, 1.807) is 20.8 Å². The predicted octanol–water partition coefficient (Wildman–Crippen LogP) is 2.74. The average Bonchev–Trinajstić information content (AvgIpc) is 2.23. The summed E-state index contributed by atoms with van der Waals surface area (Å²) in [7, 11) is -1.27. The van der Waals surface area contributed by atoms with Gasteiger partial charge in [-0.15, -0.1) is 0 Å². The van der Waals surface area contributed by atoms with Gasteiger partial charge >= 0.3 is 12.1 Å². The zero-order chi connectivity index (χ0) is 17.6. The lowest BCUT2D eigenvalue weighted by atomic mass is 10.1. The highest BCUT2D eigenvalue weighted by molar-refractivity contribution is 6.76. The van der Waals surface area contributed by atoms with E-state index in [-0.39, 0.29) is 6.42 Å². The molecule has 6 nitrogen and oxygen atoms in total. The van der Waals surface area contributed by atoms with Crippen LogP contribution in [-0.2, 0) is 19.1 Å². The van der Waals surface area contributed by atoms with E-state index >= 15 is 0 Å². The van der Waals surface area contributed by atoms with Crippen molar-refractivity contribution in [3.8, 4) is 0 Å². The molecule has 22 heavy (non-hydrogen) atoms. The van der Waals surface area contributed by atoms with Crippen LogP contribution in [0, 0.1) is 0 Å². The van der Waals surface area contributed by atoms with E-state index in [1.165, 1.54) is 6.92 Å². The third-order valence-electron chi connectivity index (χ3n) is 2.65. The van der Waals surface area contributed by atoms with E-state index in [1.807, 2.05) is 0 Å². The molecule has 0 aromatic rings. The molecule has 1 N–H and O–H groups in total. The van der Waals surface area contributed by atoms with E-state index in [9.17, 15) is 14.4 Å². The Morgan fingerprint density at radius 3 is 2.14 bits per heavy atom. The summed E-state index contributed by atoms with van der Waals surface area (Å²) < 4.78 is 10.1. The Bertz CT molecular complexity index is 409. The molecule has 0 spiro atoms. The van der Waals surface area contributed by atoms with Crippen LogP contribution in [-0.4, -0.2) is 44.2 Å². The van der Waals surface area contributed by atoms with Gasteiger partial charge in [0.2, 0.25) is 0 Å². The summed E-state index contributed by atoms with van der Waals surface area (Å²) in [6.07, 6.45) is -1.02. The molecule has 0 aliphatic rings. The molecule has 0 unspecified atom stereocenters. The number of nitrogens with one attached hydrogen (secondary N) is 1. The lowest BCUT2D eigenvalue weighted by Crippen LogP contribution is -2.42. The van der Waals surface area contributed by atoms with Crippen LogP contribution in [0.1, 0.15) is 34.1 Å². The fourth-order valence-electron chi connectivity index (χ4n) is 1.38. The van der Waals surface area contributed by atoms with Gasteiger partial charge in [-0.1, -0.05) is 19.6 Å². The molecule has 7 heteroatoms. The lowest BCUT2D eigenvalue weighted by Gasteiger charge is -2.21. The number of Topliss-reactive ketones (excluding diaryl/α,β-unsaturated/α-hetero) is 1. The van der Waals surface area contributed by atoms with Crippen LogP contribution in [0.5, 0.6) is 0 Å². The number of hydrogen-bond donors (Lipinski definition) is 1. The maximum absolute atomic E-state index is 11.9. The lowest BCUT2D eigenvalue weighted by molar-refractivity contribution is -0.145. The fraction of sp³-hybridized carbons (Fsp3) is 0.800. The summed E-state index contributed by atoms with van der Waals surface area (Å²) in [5, 5.41) is 2.41. The summed E-state index contributed by atoms with van der Waals surface area (Å²) in [4.78, 5) is 35.0. The summed E-state index contributed by atoms with van der Waals surface area (Å²) in [5.41, 5.74) is -0.636. The van der Waals surface area contributed by atoms with Crippen molar-refractivity contribution in [3.05, 3.63) is 0 Å². The molecule has 0 rings (SSSR count). The van der Waals surface area contributed by atoms with Crippen LogP contribution in [0.3, 0.4) is 0 Å². The SMILES string of the molecule is C[C@H](NC(=O)OC(C)(C)C)C(=O)CC(=O)OCC[Si](C)(C)C. The van der Waals surface area contributed by atoms with Crippen LogP contribution in [0.15, 0.2) is 0 Å². The van der Waals surface area contributed by atoms with E-state index in [4.69, 9.17) is 9.47 Å². The molecule has 0 aromatic heterocycles. The molecule has 1 atom stereocenters. The molecule has 0 fully saturated rings. The summed E-state index contributed by atoms with van der Waals surface area (Å²) >= 11 is 0. The first-order valence-electron chi connectivity index (χ1n) is 7.48. The number of carbonyl (C=O) groups excluding carboxylic acids is 3. The number of alkyl carbamates (subject to hydrolysis) is 1. The molecular weight excluding hydrogens is 302 g/mol. The zero-order valence-electron chi connectivity index (χ0n) is 14.7. The van der Waals surface area contributed by atoms with Crippen LogP contribution in [0.4, 0.5) is 4.79 Å². The van der Waals surface area contributed by atoms with Gasteiger partial charge in [0.25, 0.3) is 0 Å². The van der Waals surface area contributed by atoms with Crippen molar-refractivity contribution in [2.24, 2.45) is 0 Å². The Morgan fingerprint density at radius 2 is 1.68 bits per heavy atom. The first-order chi connectivity index (χ1) is 9.80. The van der Waals surface area contributed by atoms with Gasteiger partial charge in [0.1, 0.15) is 12.0 Å². The molecule has 0 saturated heterocycles. The van der Waals surface area contributed by atoms with E-state index < -0.39 is 37.6 Å². The second kappa shape index (κ2) is 8.31. The third kappa shape index (κ3) is 11.3. The van der Waals surface area contributed by atoms with E-state index in [0.717, 1.165) is 6.04 Å². The summed E-state index contributed by atoms with van der Waals surface area (Å²) in [6.45, 7) is 13.6. The van der Waals surface area contributed by atoms with Gasteiger partial charge in [-0.05, 0) is 33.7 Å². The number of esters is 1. The molecule has 0 aliphatic carbocycles. The van der Waals surface area contributed by atoms with Crippen LogP contribution in [0.2, 0.25) is 25.7 Å². The van der Waals surface area contributed by atoms with E-state index in [2.05, 4.69) is 25.0 Å².